The highest BCUT2D eigenvalue weighted by Crippen LogP contribution is 2.11. The monoisotopic (exact) mass is 402 g/mol. The van der Waals surface area contributed by atoms with Gasteiger partial charge in [-0.05, 0) is 37.5 Å². The average Bonchev–Trinajstić information content (AvgIpc) is 2.68. The Kier molecular flexibility index (Phi) is 20.9. The predicted molar refractivity (Wildman–Crippen MR) is 122 cm³/mol. The number of hydrogen-bond donors (Lipinski definition) is 2. The summed E-state index contributed by atoms with van der Waals surface area (Å²) in [6.45, 7) is 0. The minimum atomic E-state index is -0.192. The molecule has 0 atom stereocenters. The zero-order chi connectivity index (χ0) is 21.4. The molecule has 0 aliphatic carbocycles. The fraction of sp³-hybridized carbons (Fsp3) is 0.760. The van der Waals surface area contributed by atoms with Crippen molar-refractivity contribution in [2.45, 2.75) is 122 Å². The highest BCUT2D eigenvalue weighted by atomic mass is 16.1. The van der Waals surface area contributed by atoms with Crippen LogP contribution in [0.2, 0.25) is 0 Å². The van der Waals surface area contributed by atoms with E-state index in [-0.39, 0.29) is 11.8 Å². The van der Waals surface area contributed by atoms with Gasteiger partial charge in [-0.2, -0.15) is 0 Å². The van der Waals surface area contributed by atoms with Crippen LogP contribution in [-0.2, 0) is 9.59 Å². The van der Waals surface area contributed by atoms with Crippen LogP contribution < -0.4 is 11.5 Å². The Morgan fingerprint density at radius 1 is 0.448 bits per heavy atom. The van der Waals surface area contributed by atoms with E-state index < -0.39 is 0 Å². The van der Waals surface area contributed by atoms with E-state index in [2.05, 4.69) is 23.7 Å². The number of nitrogens with two attached hydrogens (primary N) is 2. The molecular formula is C25H42N2O2. The number of rotatable bonds is 19. The van der Waals surface area contributed by atoms with Gasteiger partial charge in [-0.1, -0.05) is 82.5 Å². The quantitative estimate of drug-likeness (QED) is 0.225. The Morgan fingerprint density at radius 2 is 0.724 bits per heavy atom. The SMILES string of the molecule is NC(=O)CCCCCCCCC#CC#CCCCCCCCCCCCC(N)=O. The molecule has 0 rings (SSSR count). The van der Waals surface area contributed by atoms with Gasteiger partial charge in [0.25, 0.3) is 0 Å². The lowest BCUT2D eigenvalue weighted by Gasteiger charge is -2.01. The van der Waals surface area contributed by atoms with Crippen LogP contribution in [0.1, 0.15) is 122 Å². The van der Waals surface area contributed by atoms with E-state index in [9.17, 15) is 9.59 Å². The molecule has 4 N–H and O–H groups in total. The van der Waals surface area contributed by atoms with Crippen molar-refractivity contribution in [1.29, 1.82) is 0 Å². The first-order valence-corrected chi connectivity index (χ1v) is 11.6. The molecule has 0 spiro atoms. The van der Waals surface area contributed by atoms with E-state index in [0.717, 1.165) is 44.9 Å². The summed E-state index contributed by atoms with van der Waals surface area (Å²) in [6.07, 6.45) is 20.5. The summed E-state index contributed by atoms with van der Waals surface area (Å²) >= 11 is 0. The van der Waals surface area contributed by atoms with E-state index >= 15 is 0 Å². The van der Waals surface area contributed by atoms with E-state index in [1.165, 1.54) is 64.2 Å². The highest BCUT2D eigenvalue weighted by Gasteiger charge is 1.96. The molecule has 0 aliphatic heterocycles. The summed E-state index contributed by atoms with van der Waals surface area (Å²) in [7, 11) is 0. The van der Waals surface area contributed by atoms with Crippen LogP contribution in [0.5, 0.6) is 0 Å². The molecule has 0 aromatic carbocycles. The molecule has 164 valence electrons. The third-order valence-corrected chi connectivity index (χ3v) is 4.94. The van der Waals surface area contributed by atoms with Crippen molar-refractivity contribution in [3.63, 3.8) is 0 Å². The van der Waals surface area contributed by atoms with Crippen molar-refractivity contribution in [2.75, 3.05) is 0 Å². The second-order valence-corrected chi connectivity index (χ2v) is 7.84. The molecule has 0 saturated carbocycles. The second kappa shape index (κ2) is 22.4. The summed E-state index contributed by atoms with van der Waals surface area (Å²) in [5, 5.41) is 0. The van der Waals surface area contributed by atoms with Gasteiger partial charge in [-0.3, -0.25) is 9.59 Å². The maximum absolute atomic E-state index is 10.6. The lowest BCUT2D eigenvalue weighted by atomic mass is 10.1. The van der Waals surface area contributed by atoms with Gasteiger partial charge in [0.2, 0.25) is 11.8 Å². The van der Waals surface area contributed by atoms with Gasteiger partial charge in [0.05, 0.1) is 0 Å². The summed E-state index contributed by atoms with van der Waals surface area (Å²) in [4.78, 5) is 21.2. The van der Waals surface area contributed by atoms with Crippen LogP contribution in [0.15, 0.2) is 0 Å². The molecule has 4 nitrogen and oxygen atoms in total. The number of amides is 2. The zero-order valence-electron chi connectivity index (χ0n) is 18.4. The number of carbonyl (C=O) groups is 2. The third kappa shape index (κ3) is 26.1. The standard InChI is InChI=1S/C25H42N2O2/c26-24(28)22-20-18-16-14-12-10-8-6-4-2-1-3-5-7-9-11-13-15-17-19-21-23-25(27)29/h2,4,6,8-23H2,(H2,26,28)(H2,27,29). The molecule has 0 heterocycles. The van der Waals surface area contributed by atoms with Crippen molar-refractivity contribution in [1.82, 2.24) is 0 Å². The summed E-state index contributed by atoms with van der Waals surface area (Å²) in [6, 6.07) is 0. The molecule has 29 heavy (non-hydrogen) atoms. The molecule has 0 aliphatic rings. The Bertz CT molecular complexity index is 534. The fourth-order valence-corrected chi connectivity index (χ4v) is 3.18. The molecule has 4 heteroatoms. The zero-order valence-corrected chi connectivity index (χ0v) is 18.4. The number of hydrogen-bond acceptors (Lipinski definition) is 2. The molecular weight excluding hydrogens is 360 g/mol. The van der Waals surface area contributed by atoms with Crippen LogP contribution in [0.4, 0.5) is 0 Å². The van der Waals surface area contributed by atoms with Crippen molar-refractivity contribution < 1.29 is 9.59 Å². The molecule has 0 fully saturated rings. The van der Waals surface area contributed by atoms with Gasteiger partial charge in [0.1, 0.15) is 0 Å². The Morgan fingerprint density at radius 3 is 1.03 bits per heavy atom. The second-order valence-electron chi connectivity index (χ2n) is 7.84. The van der Waals surface area contributed by atoms with E-state index in [1.54, 1.807) is 0 Å². The van der Waals surface area contributed by atoms with Crippen LogP contribution >= 0.6 is 0 Å². The van der Waals surface area contributed by atoms with Gasteiger partial charge >= 0.3 is 0 Å². The smallest absolute Gasteiger partial charge is 0.217 e. The molecule has 0 unspecified atom stereocenters. The maximum atomic E-state index is 10.6. The van der Waals surface area contributed by atoms with Crippen molar-refractivity contribution in [3.8, 4) is 23.7 Å². The van der Waals surface area contributed by atoms with Crippen molar-refractivity contribution in [2.24, 2.45) is 11.5 Å². The van der Waals surface area contributed by atoms with E-state index in [4.69, 9.17) is 11.5 Å². The first-order valence-electron chi connectivity index (χ1n) is 11.6. The van der Waals surface area contributed by atoms with Crippen molar-refractivity contribution >= 4 is 11.8 Å². The first kappa shape index (κ1) is 27.1. The summed E-state index contributed by atoms with van der Waals surface area (Å²) in [5.74, 6) is 11.8. The minimum Gasteiger partial charge on any atom is -0.370 e. The molecule has 0 radical (unpaired) electrons. The van der Waals surface area contributed by atoms with Crippen LogP contribution in [0.25, 0.3) is 0 Å². The van der Waals surface area contributed by atoms with Crippen LogP contribution in [0.3, 0.4) is 0 Å². The Hall–Kier alpha value is -1.94. The van der Waals surface area contributed by atoms with Gasteiger partial charge in [-0.25, -0.2) is 0 Å². The number of primary amides is 2. The average molecular weight is 403 g/mol. The Balaban J connectivity index is 3.26. The van der Waals surface area contributed by atoms with E-state index in [1.807, 2.05) is 0 Å². The fourth-order valence-electron chi connectivity index (χ4n) is 3.18. The summed E-state index contributed by atoms with van der Waals surface area (Å²) < 4.78 is 0. The van der Waals surface area contributed by atoms with Crippen LogP contribution in [-0.4, -0.2) is 11.8 Å². The maximum Gasteiger partial charge on any atom is 0.217 e. The van der Waals surface area contributed by atoms with Gasteiger partial charge in [0, 0.05) is 25.7 Å². The van der Waals surface area contributed by atoms with Crippen molar-refractivity contribution in [3.05, 3.63) is 0 Å². The first-order chi connectivity index (χ1) is 14.1. The molecule has 0 saturated heterocycles. The molecule has 0 bridgehead atoms. The largest absolute Gasteiger partial charge is 0.370 e. The lowest BCUT2D eigenvalue weighted by Crippen LogP contribution is -2.09. The van der Waals surface area contributed by atoms with Gasteiger partial charge in [0.15, 0.2) is 0 Å². The summed E-state index contributed by atoms with van der Waals surface area (Å²) in [5.41, 5.74) is 10.2. The Labute approximate surface area is 178 Å². The minimum absolute atomic E-state index is 0.180. The molecule has 2 amide bonds. The topological polar surface area (TPSA) is 86.2 Å². The van der Waals surface area contributed by atoms with Gasteiger partial charge in [-0.15, -0.1) is 0 Å². The lowest BCUT2D eigenvalue weighted by molar-refractivity contribution is -0.119. The van der Waals surface area contributed by atoms with E-state index in [0.29, 0.717) is 12.8 Å². The molecule has 0 aromatic heterocycles. The number of carbonyl (C=O) groups excluding carboxylic acids is 2. The van der Waals surface area contributed by atoms with Crippen LogP contribution in [0, 0.1) is 23.7 Å². The highest BCUT2D eigenvalue weighted by molar-refractivity contribution is 5.73. The third-order valence-electron chi connectivity index (χ3n) is 4.94. The number of unbranched alkanes of at least 4 members (excludes halogenated alkanes) is 15. The van der Waals surface area contributed by atoms with Gasteiger partial charge < -0.3 is 11.5 Å². The molecule has 0 aromatic rings. The normalized spacial score (nSPS) is 9.93. The predicted octanol–water partition coefficient (Wildman–Crippen LogP) is 5.38.